The van der Waals surface area contributed by atoms with E-state index in [9.17, 15) is 9.59 Å². The van der Waals surface area contributed by atoms with Crippen molar-refractivity contribution in [2.24, 2.45) is 0 Å². The van der Waals surface area contributed by atoms with E-state index < -0.39 is 5.41 Å². The second-order valence-electron chi connectivity index (χ2n) is 4.56. The highest BCUT2D eigenvalue weighted by Crippen LogP contribution is 2.42. The first-order chi connectivity index (χ1) is 7.91. The van der Waals surface area contributed by atoms with Gasteiger partial charge in [-0.05, 0) is 37.6 Å². The molecule has 0 aliphatic carbocycles. The van der Waals surface area contributed by atoms with E-state index in [0.29, 0.717) is 5.56 Å². The van der Waals surface area contributed by atoms with Crippen molar-refractivity contribution in [3.05, 3.63) is 42.0 Å². The molecule has 1 aromatic rings. The number of carbonyl (C=O) groups is 2. The van der Waals surface area contributed by atoms with E-state index in [1.165, 1.54) is 6.92 Å². The van der Waals surface area contributed by atoms with Gasteiger partial charge in [0.1, 0.15) is 0 Å². The first-order valence-corrected chi connectivity index (χ1v) is 5.49. The molecule has 1 heterocycles. The van der Waals surface area contributed by atoms with Crippen LogP contribution in [0.5, 0.6) is 0 Å². The Labute approximate surface area is 101 Å². The lowest BCUT2D eigenvalue weighted by Gasteiger charge is -2.18. The number of hydrogen-bond donors (Lipinski definition) is 0. The highest BCUT2D eigenvalue weighted by Gasteiger charge is 2.43. The fraction of sp³-hybridized carbons (Fsp3) is 0.286. The number of anilines is 1. The Bertz CT molecular complexity index is 533. The number of Topliss-reactive ketones (excluding diaryl/α,β-unsaturated/α-hetero) is 1. The summed E-state index contributed by atoms with van der Waals surface area (Å²) in [6.45, 7) is 7.09. The Morgan fingerprint density at radius 1 is 1.47 bits per heavy atom. The molecule has 0 saturated carbocycles. The third kappa shape index (κ3) is 1.42. The Balaban J connectivity index is 2.70. The first-order valence-electron chi connectivity index (χ1n) is 5.49. The fourth-order valence-corrected chi connectivity index (χ4v) is 2.23. The molecule has 0 saturated heterocycles. The average Bonchev–Trinajstić information content (AvgIpc) is 2.52. The highest BCUT2D eigenvalue weighted by atomic mass is 16.2. The van der Waals surface area contributed by atoms with Gasteiger partial charge in [-0.15, -0.1) is 6.58 Å². The number of carbonyl (C=O) groups excluding carboxylic acids is 2. The maximum atomic E-state index is 12.2. The van der Waals surface area contributed by atoms with Crippen LogP contribution in [0.15, 0.2) is 30.9 Å². The number of likely N-dealkylation sites (N-methyl/N-ethyl adjacent to an activating group) is 1. The van der Waals surface area contributed by atoms with Crippen LogP contribution < -0.4 is 4.90 Å². The van der Waals surface area contributed by atoms with E-state index in [-0.39, 0.29) is 11.7 Å². The maximum Gasteiger partial charge on any atom is 0.241 e. The van der Waals surface area contributed by atoms with E-state index in [0.717, 1.165) is 11.3 Å². The van der Waals surface area contributed by atoms with Crippen molar-refractivity contribution in [1.82, 2.24) is 0 Å². The summed E-state index contributed by atoms with van der Waals surface area (Å²) in [5.74, 6) is -0.00980. The molecule has 1 unspecified atom stereocenters. The molecule has 1 aliphatic heterocycles. The minimum absolute atomic E-state index is 0.00112. The molecule has 1 atom stereocenters. The molecule has 0 bridgehead atoms. The summed E-state index contributed by atoms with van der Waals surface area (Å²) >= 11 is 0. The van der Waals surface area contributed by atoms with E-state index >= 15 is 0 Å². The number of ketones is 1. The molecular weight excluding hydrogens is 214 g/mol. The fourth-order valence-electron chi connectivity index (χ4n) is 2.23. The lowest BCUT2D eigenvalue weighted by Crippen LogP contribution is -2.34. The molecule has 0 fully saturated rings. The number of rotatable bonds is 2. The predicted octanol–water partition coefficient (Wildman–Crippen LogP) is 2.31. The van der Waals surface area contributed by atoms with Gasteiger partial charge in [-0.2, -0.15) is 0 Å². The molecule has 1 aliphatic rings. The molecule has 17 heavy (non-hydrogen) atoms. The summed E-state index contributed by atoms with van der Waals surface area (Å²) in [5, 5.41) is 0. The number of fused-ring (bicyclic) bond motifs is 1. The molecule has 0 spiro atoms. The van der Waals surface area contributed by atoms with Crippen LogP contribution in [0.25, 0.3) is 0 Å². The summed E-state index contributed by atoms with van der Waals surface area (Å²) in [7, 11) is 1.74. The lowest BCUT2D eigenvalue weighted by atomic mass is 9.83. The summed E-state index contributed by atoms with van der Waals surface area (Å²) in [5.41, 5.74) is 1.60. The van der Waals surface area contributed by atoms with Crippen LogP contribution in [0.3, 0.4) is 0 Å². The normalized spacial score (nSPS) is 22.5. The quantitative estimate of drug-likeness (QED) is 0.576. The molecule has 3 heteroatoms. The first kappa shape index (κ1) is 11.6. The zero-order valence-corrected chi connectivity index (χ0v) is 10.3. The van der Waals surface area contributed by atoms with Crippen LogP contribution in [0.4, 0.5) is 5.69 Å². The van der Waals surface area contributed by atoms with Crippen LogP contribution in [-0.2, 0) is 10.2 Å². The lowest BCUT2D eigenvalue weighted by molar-refractivity contribution is -0.120. The zero-order valence-electron chi connectivity index (χ0n) is 10.3. The number of nitrogens with zero attached hydrogens (tertiary/aromatic N) is 1. The van der Waals surface area contributed by atoms with Gasteiger partial charge in [-0.1, -0.05) is 6.08 Å². The molecule has 0 radical (unpaired) electrons. The number of amides is 1. The van der Waals surface area contributed by atoms with Gasteiger partial charge in [0.15, 0.2) is 5.78 Å². The SMILES string of the molecule is C=CC1(C)C(=O)N(C)c2ccc(C(C)=O)cc21. The van der Waals surface area contributed by atoms with Gasteiger partial charge in [0, 0.05) is 18.3 Å². The smallest absolute Gasteiger partial charge is 0.241 e. The van der Waals surface area contributed by atoms with Gasteiger partial charge in [0.05, 0.1) is 5.41 Å². The van der Waals surface area contributed by atoms with Crippen molar-refractivity contribution in [3.8, 4) is 0 Å². The molecule has 1 aromatic carbocycles. The zero-order chi connectivity index (χ0) is 12.8. The van der Waals surface area contributed by atoms with E-state index in [4.69, 9.17) is 0 Å². The molecule has 3 nitrogen and oxygen atoms in total. The third-order valence-corrected chi connectivity index (χ3v) is 3.48. The van der Waals surface area contributed by atoms with Crippen molar-refractivity contribution in [2.45, 2.75) is 19.3 Å². The van der Waals surface area contributed by atoms with Crippen LogP contribution >= 0.6 is 0 Å². The van der Waals surface area contributed by atoms with Crippen molar-refractivity contribution in [3.63, 3.8) is 0 Å². The Hall–Kier alpha value is -1.90. The molecule has 0 aromatic heterocycles. The Morgan fingerprint density at radius 2 is 2.12 bits per heavy atom. The van der Waals surface area contributed by atoms with E-state index in [2.05, 4.69) is 6.58 Å². The number of benzene rings is 1. The minimum Gasteiger partial charge on any atom is -0.314 e. The highest BCUT2D eigenvalue weighted by molar-refractivity contribution is 6.09. The largest absolute Gasteiger partial charge is 0.314 e. The van der Waals surface area contributed by atoms with Gasteiger partial charge < -0.3 is 4.90 Å². The third-order valence-electron chi connectivity index (χ3n) is 3.48. The van der Waals surface area contributed by atoms with Crippen LogP contribution in [0.1, 0.15) is 29.8 Å². The van der Waals surface area contributed by atoms with Gasteiger partial charge in [0.2, 0.25) is 5.91 Å². The van der Waals surface area contributed by atoms with Gasteiger partial charge in [-0.25, -0.2) is 0 Å². The topological polar surface area (TPSA) is 37.4 Å². The predicted molar refractivity (Wildman–Crippen MR) is 67.4 cm³/mol. The second kappa shape index (κ2) is 3.55. The monoisotopic (exact) mass is 229 g/mol. The molecule has 88 valence electrons. The van der Waals surface area contributed by atoms with Crippen molar-refractivity contribution in [2.75, 3.05) is 11.9 Å². The number of hydrogen-bond acceptors (Lipinski definition) is 2. The molecule has 2 rings (SSSR count). The average molecular weight is 229 g/mol. The van der Waals surface area contributed by atoms with E-state index in [1.54, 1.807) is 30.2 Å². The molecule has 1 amide bonds. The van der Waals surface area contributed by atoms with Crippen LogP contribution in [-0.4, -0.2) is 18.7 Å². The summed E-state index contributed by atoms with van der Waals surface area (Å²) in [4.78, 5) is 25.2. The van der Waals surface area contributed by atoms with Crippen molar-refractivity contribution < 1.29 is 9.59 Å². The van der Waals surface area contributed by atoms with Crippen LogP contribution in [0, 0.1) is 0 Å². The second-order valence-corrected chi connectivity index (χ2v) is 4.56. The minimum atomic E-state index is -0.727. The van der Waals surface area contributed by atoms with Gasteiger partial charge in [0.25, 0.3) is 0 Å². The van der Waals surface area contributed by atoms with Crippen LogP contribution in [0.2, 0.25) is 0 Å². The Morgan fingerprint density at radius 3 is 2.65 bits per heavy atom. The van der Waals surface area contributed by atoms with Crippen molar-refractivity contribution >= 4 is 17.4 Å². The van der Waals surface area contributed by atoms with Gasteiger partial charge in [-0.3, -0.25) is 9.59 Å². The molecular formula is C14H15NO2. The summed E-state index contributed by atoms with van der Waals surface area (Å²) in [6.07, 6.45) is 1.64. The molecule has 0 N–H and O–H groups in total. The standard InChI is InChI=1S/C14H15NO2/c1-5-14(3)11-8-10(9(2)16)6-7-12(11)15(4)13(14)17/h5-8H,1H2,2-4H3. The van der Waals surface area contributed by atoms with E-state index in [1.807, 2.05) is 13.0 Å². The van der Waals surface area contributed by atoms with Crippen molar-refractivity contribution in [1.29, 1.82) is 0 Å². The summed E-state index contributed by atoms with van der Waals surface area (Å²) in [6, 6.07) is 5.36. The maximum absolute atomic E-state index is 12.2. The Kier molecular flexibility index (Phi) is 2.42. The van der Waals surface area contributed by atoms with Gasteiger partial charge >= 0.3 is 0 Å². The summed E-state index contributed by atoms with van der Waals surface area (Å²) < 4.78 is 0.